The average Bonchev–Trinajstić information content (AvgIpc) is 3.22. The van der Waals surface area contributed by atoms with Gasteiger partial charge in [-0.3, -0.25) is 13.8 Å². The zero-order valence-electron chi connectivity index (χ0n) is 16.6. The molecule has 0 aliphatic heterocycles. The summed E-state index contributed by atoms with van der Waals surface area (Å²) in [5.74, 6) is -1.54. The first-order valence-corrected chi connectivity index (χ1v) is 9.51. The Labute approximate surface area is 176 Å². The largest absolute Gasteiger partial charge is 0.497 e. The maximum atomic E-state index is 13.4. The van der Waals surface area contributed by atoms with Crippen LogP contribution in [0.5, 0.6) is 5.75 Å². The third-order valence-corrected chi connectivity index (χ3v) is 4.91. The number of carbonyl (C=O) groups is 1. The lowest BCUT2D eigenvalue weighted by molar-refractivity contribution is 0.0951. The van der Waals surface area contributed by atoms with Gasteiger partial charge < -0.3 is 10.1 Å². The Morgan fingerprint density at radius 1 is 1.03 bits per heavy atom. The van der Waals surface area contributed by atoms with Crippen molar-refractivity contribution < 1.29 is 18.3 Å². The maximum Gasteiger partial charge on any atom is 0.332 e. The molecule has 1 N–H and O–H groups in total. The van der Waals surface area contributed by atoms with E-state index >= 15 is 0 Å². The molecule has 8 heteroatoms. The molecular formula is C23H19F2N3O3. The zero-order chi connectivity index (χ0) is 22.0. The number of aromatic nitrogens is 2. The topological polar surface area (TPSA) is 64.7 Å². The van der Waals surface area contributed by atoms with Crippen LogP contribution in [0.2, 0.25) is 0 Å². The van der Waals surface area contributed by atoms with Gasteiger partial charge in [-0.25, -0.2) is 13.6 Å². The molecular weight excluding hydrogens is 404 g/mol. The second-order valence-electron chi connectivity index (χ2n) is 7.03. The van der Waals surface area contributed by atoms with Crippen LogP contribution in [0.15, 0.2) is 71.8 Å². The number of fused-ring (bicyclic) bond motifs is 1. The Bertz CT molecular complexity index is 1330. The van der Waals surface area contributed by atoms with Crippen molar-refractivity contribution in [1.29, 1.82) is 0 Å². The monoisotopic (exact) mass is 423 g/mol. The zero-order valence-corrected chi connectivity index (χ0v) is 16.6. The van der Waals surface area contributed by atoms with Gasteiger partial charge >= 0.3 is 5.69 Å². The molecule has 1 amide bonds. The van der Waals surface area contributed by atoms with Gasteiger partial charge in [-0.1, -0.05) is 18.2 Å². The number of hydrogen-bond acceptors (Lipinski definition) is 3. The van der Waals surface area contributed by atoms with Crippen molar-refractivity contribution in [3.8, 4) is 5.75 Å². The highest BCUT2D eigenvalue weighted by Crippen LogP contribution is 2.14. The molecule has 0 saturated heterocycles. The molecule has 0 saturated carbocycles. The van der Waals surface area contributed by atoms with Gasteiger partial charge in [0.2, 0.25) is 0 Å². The molecule has 0 fully saturated rings. The molecule has 0 bridgehead atoms. The summed E-state index contributed by atoms with van der Waals surface area (Å²) in [6.07, 6.45) is 3.01. The molecule has 0 radical (unpaired) electrons. The molecule has 0 atom stereocenters. The highest BCUT2D eigenvalue weighted by molar-refractivity contribution is 5.95. The van der Waals surface area contributed by atoms with Crippen molar-refractivity contribution in [2.45, 2.75) is 13.1 Å². The van der Waals surface area contributed by atoms with Crippen molar-refractivity contribution in [2.75, 3.05) is 7.11 Å². The lowest BCUT2D eigenvalue weighted by Crippen LogP contribution is -2.26. The number of amides is 1. The Morgan fingerprint density at radius 3 is 2.65 bits per heavy atom. The maximum absolute atomic E-state index is 13.4. The summed E-state index contributed by atoms with van der Waals surface area (Å²) >= 11 is 0. The summed E-state index contributed by atoms with van der Waals surface area (Å²) < 4.78 is 34.4. The van der Waals surface area contributed by atoms with Gasteiger partial charge in [0.1, 0.15) is 5.75 Å². The number of carbonyl (C=O) groups excluding carboxylic acids is 1. The van der Waals surface area contributed by atoms with Crippen LogP contribution in [-0.2, 0) is 13.1 Å². The number of rotatable bonds is 6. The van der Waals surface area contributed by atoms with Gasteiger partial charge in [-0.05, 0) is 47.5 Å². The van der Waals surface area contributed by atoms with E-state index in [9.17, 15) is 18.4 Å². The number of nitrogens with one attached hydrogen (secondary N) is 1. The van der Waals surface area contributed by atoms with E-state index in [2.05, 4.69) is 5.32 Å². The number of hydrogen-bond donors (Lipinski definition) is 1. The summed E-state index contributed by atoms with van der Waals surface area (Å²) in [6, 6.07) is 14.1. The third-order valence-electron chi connectivity index (χ3n) is 4.91. The lowest BCUT2D eigenvalue weighted by atomic mass is 10.2. The molecule has 2 aromatic heterocycles. The Kier molecular flexibility index (Phi) is 5.53. The van der Waals surface area contributed by atoms with Crippen LogP contribution in [0, 0.1) is 11.6 Å². The van der Waals surface area contributed by atoms with E-state index in [4.69, 9.17) is 4.74 Å². The number of benzene rings is 2. The predicted octanol–water partition coefficient (Wildman–Crippen LogP) is 3.37. The quantitative estimate of drug-likeness (QED) is 0.517. The molecule has 158 valence electrons. The van der Waals surface area contributed by atoms with E-state index in [-0.39, 0.29) is 12.5 Å². The molecule has 4 rings (SSSR count). The lowest BCUT2D eigenvalue weighted by Gasteiger charge is -2.07. The molecule has 0 aliphatic carbocycles. The van der Waals surface area contributed by atoms with Crippen LogP contribution in [0.1, 0.15) is 21.5 Å². The number of ether oxygens (including phenoxy) is 1. The first kappa shape index (κ1) is 20.3. The van der Waals surface area contributed by atoms with Crippen LogP contribution in [0.3, 0.4) is 0 Å². The minimum absolute atomic E-state index is 0.0710. The van der Waals surface area contributed by atoms with E-state index in [0.29, 0.717) is 28.9 Å². The second kappa shape index (κ2) is 8.43. The molecule has 2 aromatic carbocycles. The fraction of sp³-hybridized carbons (Fsp3) is 0.130. The summed E-state index contributed by atoms with van der Waals surface area (Å²) in [5.41, 5.74) is 1.83. The number of halogens is 2. The van der Waals surface area contributed by atoms with Crippen molar-refractivity contribution in [3.05, 3.63) is 106 Å². The molecule has 0 unspecified atom stereocenters. The van der Waals surface area contributed by atoms with Gasteiger partial charge in [0.25, 0.3) is 5.91 Å². The summed E-state index contributed by atoms with van der Waals surface area (Å²) in [4.78, 5) is 25.3. The third kappa shape index (κ3) is 4.32. The molecule has 0 spiro atoms. The van der Waals surface area contributed by atoms with Gasteiger partial charge in [0.15, 0.2) is 11.6 Å². The van der Waals surface area contributed by atoms with Crippen molar-refractivity contribution >= 4 is 11.4 Å². The standard InChI is InChI=1S/C23H19F2N3O3/c1-31-19-4-2-3-15(9-19)12-26-22(29)17-11-18-7-8-27(23(30)28(18)14-17)13-16-5-6-20(24)21(25)10-16/h2-11,14H,12-13H2,1H3,(H,26,29). The van der Waals surface area contributed by atoms with Crippen molar-refractivity contribution in [1.82, 2.24) is 14.3 Å². The van der Waals surface area contributed by atoms with Crippen LogP contribution in [-0.4, -0.2) is 22.0 Å². The molecule has 6 nitrogen and oxygen atoms in total. The molecule has 2 heterocycles. The van der Waals surface area contributed by atoms with Gasteiger partial charge in [-0.15, -0.1) is 0 Å². The smallest absolute Gasteiger partial charge is 0.332 e. The molecule has 4 aromatic rings. The van der Waals surface area contributed by atoms with Crippen LogP contribution in [0.25, 0.3) is 5.52 Å². The fourth-order valence-electron chi connectivity index (χ4n) is 3.29. The molecule has 31 heavy (non-hydrogen) atoms. The normalized spacial score (nSPS) is 10.9. The van der Waals surface area contributed by atoms with E-state index in [1.54, 1.807) is 25.4 Å². The Hall–Kier alpha value is -3.94. The molecule has 0 aliphatic rings. The van der Waals surface area contributed by atoms with Crippen LogP contribution >= 0.6 is 0 Å². The van der Waals surface area contributed by atoms with Crippen LogP contribution in [0.4, 0.5) is 8.78 Å². The van der Waals surface area contributed by atoms with E-state index in [0.717, 1.165) is 17.7 Å². The van der Waals surface area contributed by atoms with E-state index < -0.39 is 17.3 Å². The fourth-order valence-corrected chi connectivity index (χ4v) is 3.29. The SMILES string of the molecule is COc1cccc(CNC(=O)c2cc3ccn(Cc4ccc(F)c(F)c4)c(=O)n3c2)c1. The summed E-state index contributed by atoms with van der Waals surface area (Å²) in [7, 11) is 1.57. The first-order valence-electron chi connectivity index (χ1n) is 9.51. The Morgan fingerprint density at radius 2 is 1.87 bits per heavy atom. The van der Waals surface area contributed by atoms with Crippen molar-refractivity contribution in [2.24, 2.45) is 0 Å². The van der Waals surface area contributed by atoms with Crippen LogP contribution < -0.4 is 15.7 Å². The highest BCUT2D eigenvalue weighted by Gasteiger charge is 2.12. The minimum atomic E-state index is -0.970. The highest BCUT2D eigenvalue weighted by atomic mass is 19.2. The van der Waals surface area contributed by atoms with E-state index in [1.165, 1.54) is 21.2 Å². The first-order chi connectivity index (χ1) is 14.9. The number of methoxy groups -OCH3 is 1. The second-order valence-corrected chi connectivity index (χ2v) is 7.03. The van der Waals surface area contributed by atoms with E-state index in [1.807, 2.05) is 24.3 Å². The average molecular weight is 423 g/mol. The predicted molar refractivity (Wildman–Crippen MR) is 111 cm³/mol. The Balaban J connectivity index is 1.53. The van der Waals surface area contributed by atoms with Gasteiger partial charge in [0, 0.05) is 18.9 Å². The van der Waals surface area contributed by atoms with Crippen molar-refractivity contribution in [3.63, 3.8) is 0 Å². The van der Waals surface area contributed by atoms with Gasteiger partial charge in [0.05, 0.1) is 24.7 Å². The minimum Gasteiger partial charge on any atom is -0.497 e. The van der Waals surface area contributed by atoms with Gasteiger partial charge in [-0.2, -0.15) is 0 Å². The number of nitrogens with zero attached hydrogens (tertiary/aromatic N) is 2. The summed E-state index contributed by atoms with van der Waals surface area (Å²) in [6.45, 7) is 0.379. The summed E-state index contributed by atoms with van der Waals surface area (Å²) in [5, 5.41) is 2.82.